The Kier molecular flexibility index (Phi) is 6.66. The summed E-state index contributed by atoms with van der Waals surface area (Å²) in [6.45, 7) is 1.95. The van der Waals surface area contributed by atoms with E-state index in [1.165, 1.54) is 0 Å². The van der Waals surface area contributed by atoms with Gasteiger partial charge in [0.2, 0.25) is 0 Å². The quantitative estimate of drug-likeness (QED) is 0.386. The molecule has 1 aromatic heterocycles. The molecule has 0 bridgehead atoms. The molecule has 2 amide bonds. The van der Waals surface area contributed by atoms with Crippen molar-refractivity contribution in [3.8, 4) is 11.8 Å². The standard InChI is InChI=1S/C24H27N5O4/c1-14-6-4-7-15(12-14)26-22-20-17(13-25-23(20)31)16(8-5-11-30)21(29-22)27-18-9-2-3-10-19(18)28-24(32)33/h4,6-7,12,18-19,28,30H,2-3,9-11,13H2,1H3,(H,25,31)(H,32,33)(H2,26,27,29)/t18-,19+/m1/s1. The van der Waals surface area contributed by atoms with Gasteiger partial charge in [0, 0.05) is 23.8 Å². The number of rotatable bonds is 5. The van der Waals surface area contributed by atoms with Crippen molar-refractivity contribution in [2.45, 2.75) is 51.2 Å². The molecule has 1 aliphatic heterocycles. The van der Waals surface area contributed by atoms with E-state index in [0.29, 0.717) is 34.9 Å². The first-order valence-electron chi connectivity index (χ1n) is 11.0. The SMILES string of the molecule is Cc1cccc(Nc2nc(N[C@@H]3CCCC[C@@H]3NC(=O)O)c(C#CCO)c3c2C(=O)NC3)c1. The number of aliphatic hydroxyl groups is 1. The maximum atomic E-state index is 12.7. The molecule has 1 fully saturated rings. The first kappa shape index (κ1) is 22.4. The van der Waals surface area contributed by atoms with Gasteiger partial charge >= 0.3 is 6.09 Å². The number of carbonyl (C=O) groups is 2. The third-order valence-electron chi connectivity index (χ3n) is 5.92. The number of benzene rings is 1. The number of carbonyl (C=O) groups excluding carboxylic acids is 1. The van der Waals surface area contributed by atoms with Gasteiger partial charge in [0.15, 0.2) is 0 Å². The fourth-order valence-electron chi connectivity index (χ4n) is 4.44. The molecular weight excluding hydrogens is 422 g/mol. The summed E-state index contributed by atoms with van der Waals surface area (Å²) in [5, 5.41) is 30.6. The van der Waals surface area contributed by atoms with Gasteiger partial charge in [-0.05, 0) is 37.5 Å². The monoisotopic (exact) mass is 449 g/mol. The van der Waals surface area contributed by atoms with Crippen molar-refractivity contribution >= 4 is 29.3 Å². The number of nitrogens with one attached hydrogen (secondary N) is 4. The van der Waals surface area contributed by atoms with Gasteiger partial charge in [-0.3, -0.25) is 4.79 Å². The molecule has 1 aliphatic carbocycles. The van der Waals surface area contributed by atoms with Crippen LogP contribution in [-0.4, -0.2) is 45.9 Å². The second kappa shape index (κ2) is 9.79. The first-order chi connectivity index (χ1) is 16.0. The number of amides is 2. The van der Waals surface area contributed by atoms with Crippen LogP contribution in [0.4, 0.5) is 22.1 Å². The average molecular weight is 450 g/mol. The lowest BCUT2D eigenvalue weighted by Crippen LogP contribution is -2.48. The molecule has 33 heavy (non-hydrogen) atoms. The summed E-state index contributed by atoms with van der Waals surface area (Å²) in [6, 6.07) is 7.32. The van der Waals surface area contributed by atoms with Crippen LogP contribution >= 0.6 is 0 Å². The Balaban J connectivity index is 1.77. The Morgan fingerprint density at radius 3 is 2.76 bits per heavy atom. The highest BCUT2D eigenvalue weighted by Crippen LogP contribution is 2.33. The summed E-state index contributed by atoms with van der Waals surface area (Å²) in [7, 11) is 0. The van der Waals surface area contributed by atoms with E-state index in [9.17, 15) is 19.8 Å². The smallest absolute Gasteiger partial charge is 0.404 e. The predicted octanol–water partition coefficient (Wildman–Crippen LogP) is 2.71. The van der Waals surface area contributed by atoms with Gasteiger partial charge in [0.05, 0.1) is 17.2 Å². The summed E-state index contributed by atoms with van der Waals surface area (Å²) in [5.74, 6) is 6.24. The molecule has 9 nitrogen and oxygen atoms in total. The Labute approximate surface area is 192 Å². The zero-order valence-corrected chi connectivity index (χ0v) is 18.4. The second-order valence-corrected chi connectivity index (χ2v) is 8.27. The van der Waals surface area contributed by atoms with Gasteiger partial charge in [-0.2, -0.15) is 0 Å². The minimum absolute atomic E-state index is 0.174. The van der Waals surface area contributed by atoms with Gasteiger partial charge in [-0.15, -0.1) is 0 Å². The van der Waals surface area contributed by atoms with E-state index in [-0.39, 0.29) is 24.6 Å². The van der Waals surface area contributed by atoms with Crippen LogP contribution in [0.3, 0.4) is 0 Å². The summed E-state index contributed by atoms with van der Waals surface area (Å²) in [6.07, 6.45) is 2.34. The van der Waals surface area contributed by atoms with Gasteiger partial charge < -0.3 is 31.5 Å². The maximum absolute atomic E-state index is 12.7. The van der Waals surface area contributed by atoms with Crippen LogP contribution in [-0.2, 0) is 6.54 Å². The Morgan fingerprint density at radius 2 is 2.03 bits per heavy atom. The second-order valence-electron chi connectivity index (χ2n) is 8.27. The molecule has 0 radical (unpaired) electrons. The number of hydrogen-bond donors (Lipinski definition) is 6. The average Bonchev–Trinajstić information content (AvgIpc) is 3.16. The van der Waals surface area contributed by atoms with E-state index in [0.717, 1.165) is 36.9 Å². The minimum atomic E-state index is -1.06. The molecule has 2 heterocycles. The number of aromatic nitrogens is 1. The number of anilines is 3. The molecule has 0 unspecified atom stereocenters. The number of nitrogens with zero attached hydrogens (tertiary/aromatic N) is 1. The fourth-order valence-corrected chi connectivity index (χ4v) is 4.44. The molecule has 0 spiro atoms. The van der Waals surface area contributed by atoms with Crippen LogP contribution < -0.4 is 21.3 Å². The van der Waals surface area contributed by atoms with Crippen molar-refractivity contribution in [3.05, 3.63) is 46.5 Å². The van der Waals surface area contributed by atoms with Crippen LogP contribution in [0.2, 0.25) is 0 Å². The van der Waals surface area contributed by atoms with Crippen LogP contribution in [0.5, 0.6) is 0 Å². The largest absolute Gasteiger partial charge is 0.465 e. The number of carboxylic acid groups (broad SMARTS) is 1. The summed E-state index contributed by atoms with van der Waals surface area (Å²) in [5.41, 5.74) is 3.52. The van der Waals surface area contributed by atoms with E-state index in [1.54, 1.807) is 0 Å². The lowest BCUT2D eigenvalue weighted by Gasteiger charge is -2.33. The Morgan fingerprint density at radius 1 is 1.24 bits per heavy atom. The normalized spacial score (nSPS) is 19.0. The van der Waals surface area contributed by atoms with Gasteiger partial charge in [-0.1, -0.05) is 36.8 Å². The van der Waals surface area contributed by atoms with E-state index < -0.39 is 6.09 Å². The summed E-state index contributed by atoms with van der Waals surface area (Å²) >= 11 is 0. The zero-order chi connectivity index (χ0) is 23.4. The Bertz CT molecular complexity index is 1140. The number of pyridine rings is 1. The van der Waals surface area contributed by atoms with E-state index in [2.05, 4.69) is 33.1 Å². The third-order valence-corrected chi connectivity index (χ3v) is 5.92. The number of aliphatic hydroxyl groups excluding tert-OH is 1. The highest BCUT2D eigenvalue weighted by Gasteiger charge is 2.32. The van der Waals surface area contributed by atoms with Crippen LogP contribution in [0.25, 0.3) is 0 Å². The van der Waals surface area contributed by atoms with Crippen molar-refractivity contribution < 1.29 is 19.8 Å². The number of hydrogen-bond acceptors (Lipinski definition) is 6. The molecule has 2 aliphatic rings. The number of fused-ring (bicyclic) bond motifs is 1. The summed E-state index contributed by atoms with van der Waals surface area (Å²) in [4.78, 5) is 28.7. The lowest BCUT2D eigenvalue weighted by molar-refractivity contribution is 0.0966. The third kappa shape index (κ3) is 5.02. The minimum Gasteiger partial charge on any atom is -0.465 e. The van der Waals surface area contributed by atoms with Gasteiger partial charge in [-0.25, -0.2) is 9.78 Å². The predicted molar refractivity (Wildman–Crippen MR) is 125 cm³/mol. The molecular formula is C24H27N5O4. The van der Waals surface area contributed by atoms with Crippen molar-refractivity contribution in [3.63, 3.8) is 0 Å². The molecule has 1 aromatic carbocycles. The van der Waals surface area contributed by atoms with Crippen molar-refractivity contribution in [1.29, 1.82) is 0 Å². The molecule has 4 rings (SSSR count). The zero-order valence-electron chi connectivity index (χ0n) is 18.4. The van der Waals surface area contributed by atoms with Crippen molar-refractivity contribution in [2.24, 2.45) is 0 Å². The highest BCUT2D eigenvalue weighted by atomic mass is 16.4. The van der Waals surface area contributed by atoms with E-state index in [1.807, 2.05) is 31.2 Å². The molecule has 172 valence electrons. The van der Waals surface area contributed by atoms with Crippen LogP contribution in [0.15, 0.2) is 24.3 Å². The lowest BCUT2D eigenvalue weighted by atomic mass is 9.90. The topological polar surface area (TPSA) is 136 Å². The van der Waals surface area contributed by atoms with Crippen molar-refractivity contribution in [1.82, 2.24) is 15.6 Å². The van der Waals surface area contributed by atoms with Gasteiger partial charge in [0.1, 0.15) is 18.2 Å². The highest BCUT2D eigenvalue weighted by molar-refractivity contribution is 6.04. The maximum Gasteiger partial charge on any atom is 0.404 e. The van der Waals surface area contributed by atoms with Gasteiger partial charge in [0.25, 0.3) is 5.91 Å². The molecule has 0 saturated heterocycles. The number of aryl methyl sites for hydroxylation is 1. The van der Waals surface area contributed by atoms with Crippen LogP contribution in [0, 0.1) is 18.8 Å². The molecule has 9 heteroatoms. The Hall–Kier alpha value is -3.77. The first-order valence-corrected chi connectivity index (χ1v) is 11.0. The van der Waals surface area contributed by atoms with E-state index >= 15 is 0 Å². The molecule has 2 atom stereocenters. The molecule has 6 N–H and O–H groups in total. The molecule has 2 aromatic rings. The van der Waals surface area contributed by atoms with Crippen LogP contribution in [0.1, 0.15) is 52.7 Å². The van der Waals surface area contributed by atoms with E-state index in [4.69, 9.17) is 4.98 Å². The molecule has 1 saturated carbocycles. The van der Waals surface area contributed by atoms with Crippen molar-refractivity contribution in [2.75, 3.05) is 17.2 Å². The summed E-state index contributed by atoms with van der Waals surface area (Å²) < 4.78 is 0. The fraction of sp³-hybridized carbons (Fsp3) is 0.375.